The van der Waals surface area contributed by atoms with Gasteiger partial charge in [-0.05, 0) is 61.7 Å². The topological polar surface area (TPSA) is 65.1 Å². The van der Waals surface area contributed by atoms with Crippen molar-refractivity contribution in [2.24, 2.45) is 0 Å². The van der Waals surface area contributed by atoms with Crippen LogP contribution in [0.4, 0.5) is 0 Å². The summed E-state index contributed by atoms with van der Waals surface area (Å²) in [5.41, 5.74) is 6.25. The molecule has 0 bridgehead atoms. The normalized spacial score (nSPS) is 11.3. The summed E-state index contributed by atoms with van der Waals surface area (Å²) in [5, 5.41) is 10.3. The highest BCUT2D eigenvalue weighted by atomic mass is 35.5. The van der Waals surface area contributed by atoms with Crippen LogP contribution < -0.4 is 5.56 Å². The van der Waals surface area contributed by atoms with E-state index in [1.54, 1.807) is 16.7 Å². The lowest BCUT2D eigenvalue weighted by atomic mass is 10.1. The Balaban J connectivity index is 1.58. The Hall–Kier alpha value is -3.42. The Morgan fingerprint density at radius 3 is 2.56 bits per heavy atom. The summed E-state index contributed by atoms with van der Waals surface area (Å²) in [6.07, 6.45) is 1.80. The number of hydrogen-bond donors (Lipinski definition) is 0. The fourth-order valence-corrected chi connectivity index (χ4v) is 4.89. The maximum atomic E-state index is 12.6. The molecule has 5 rings (SSSR count). The molecule has 0 aliphatic rings. The van der Waals surface area contributed by atoms with E-state index in [-0.39, 0.29) is 5.56 Å². The highest BCUT2D eigenvalue weighted by molar-refractivity contribution is 7.98. The summed E-state index contributed by atoms with van der Waals surface area (Å²) >= 11 is 8.01. The van der Waals surface area contributed by atoms with E-state index in [9.17, 15) is 4.79 Å². The van der Waals surface area contributed by atoms with Gasteiger partial charge in [0.2, 0.25) is 0 Å². The van der Waals surface area contributed by atoms with E-state index in [4.69, 9.17) is 11.6 Å². The van der Waals surface area contributed by atoms with Gasteiger partial charge in [-0.15, -0.1) is 10.2 Å². The molecule has 0 aliphatic carbocycles. The number of aromatic nitrogens is 5. The molecule has 8 heteroatoms. The Kier molecular flexibility index (Phi) is 5.98. The number of aryl methyl sites for hydroxylation is 3. The van der Waals surface area contributed by atoms with Crippen LogP contribution in [0.3, 0.4) is 0 Å². The van der Waals surface area contributed by atoms with Crippen LogP contribution in [0.15, 0.2) is 76.8 Å². The molecular formula is C26H22ClN5OS. The largest absolute Gasteiger partial charge is 0.270 e. The standard InChI is InChI=1S/C26H22ClN5OS/c1-16-8-10-18(3)22(12-16)32-25(20-6-4-5-7-21(20)27)29-30-26(32)34-15-19-13-24(33)31-14-17(2)9-11-23(31)28-19/h4-14H,15H2,1-3H3. The van der Waals surface area contributed by atoms with Gasteiger partial charge in [0.15, 0.2) is 11.0 Å². The second-order valence-corrected chi connectivity index (χ2v) is 9.57. The summed E-state index contributed by atoms with van der Waals surface area (Å²) in [5.74, 6) is 1.15. The smallest absolute Gasteiger partial charge is 0.258 e. The predicted molar refractivity (Wildman–Crippen MR) is 137 cm³/mol. The minimum Gasteiger partial charge on any atom is -0.270 e. The van der Waals surface area contributed by atoms with Gasteiger partial charge in [0.25, 0.3) is 5.56 Å². The molecule has 0 unspecified atom stereocenters. The average Bonchev–Trinajstić information content (AvgIpc) is 3.23. The summed E-state index contributed by atoms with van der Waals surface area (Å²) in [7, 11) is 0. The van der Waals surface area contributed by atoms with Crippen LogP contribution in [0, 0.1) is 20.8 Å². The molecule has 5 aromatic rings. The third-order valence-corrected chi connectivity index (χ3v) is 6.86. The highest BCUT2D eigenvalue weighted by Gasteiger charge is 2.20. The minimum atomic E-state index is -0.1000. The van der Waals surface area contributed by atoms with Crippen LogP contribution in [0.5, 0.6) is 0 Å². The molecule has 2 aromatic carbocycles. The molecule has 0 N–H and O–H groups in total. The van der Waals surface area contributed by atoms with Crippen molar-refractivity contribution in [1.29, 1.82) is 0 Å². The molecule has 170 valence electrons. The van der Waals surface area contributed by atoms with Crippen LogP contribution in [0.2, 0.25) is 5.02 Å². The number of thioether (sulfide) groups is 1. The predicted octanol–water partition coefficient (Wildman–Crippen LogP) is 5.81. The monoisotopic (exact) mass is 487 g/mol. The van der Waals surface area contributed by atoms with Gasteiger partial charge in [0.05, 0.1) is 16.4 Å². The van der Waals surface area contributed by atoms with E-state index in [0.717, 1.165) is 27.9 Å². The van der Waals surface area contributed by atoms with Gasteiger partial charge in [-0.1, -0.05) is 53.7 Å². The molecule has 0 saturated heterocycles. The van der Waals surface area contributed by atoms with Gasteiger partial charge in [-0.3, -0.25) is 13.8 Å². The lowest BCUT2D eigenvalue weighted by molar-refractivity contribution is 0.878. The number of hydrogen-bond acceptors (Lipinski definition) is 5. The van der Waals surface area contributed by atoms with E-state index >= 15 is 0 Å². The Morgan fingerprint density at radius 2 is 1.74 bits per heavy atom. The first-order chi connectivity index (χ1) is 16.4. The van der Waals surface area contributed by atoms with Crippen molar-refractivity contribution >= 4 is 29.0 Å². The van der Waals surface area contributed by atoms with E-state index in [0.29, 0.717) is 33.1 Å². The number of benzene rings is 2. The summed E-state index contributed by atoms with van der Waals surface area (Å²) in [6, 6.07) is 19.3. The molecular weight excluding hydrogens is 466 g/mol. The second-order valence-electron chi connectivity index (χ2n) is 8.22. The first kappa shape index (κ1) is 22.4. The minimum absolute atomic E-state index is 0.1000. The summed E-state index contributed by atoms with van der Waals surface area (Å²) in [6.45, 7) is 6.07. The number of fused-ring (bicyclic) bond motifs is 1. The SMILES string of the molecule is Cc1ccc(C)c(-n2c(SCc3cc(=O)n4cc(C)ccc4n3)nnc2-c2ccccc2Cl)c1. The number of nitrogens with zero attached hydrogens (tertiary/aromatic N) is 5. The van der Waals surface area contributed by atoms with Gasteiger partial charge in [-0.25, -0.2) is 4.98 Å². The maximum absolute atomic E-state index is 12.6. The first-order valence-electron chi connectivity index (χ1n) is 10.8. The lowest BCUT2D eigenvalue weighted by Crippen LogP contribution is -2.15. The van der Waals surface area contributed by atoms with Crippen molar-refractivity contribution in [3.63, 3.8) is 0 Å². The van der Waals surface area contributed by atoms with Gasteiger partial charge in [0.1, 0.15) is 5.65 Å². The molecule has 0 aliphatic heterocycles. The van der Waals surface area contributed by atoms with Gasteiger partial charge in [0, 0.05) is 23.6 Å². The second kappa shape index (κ2) is 9.08. The molecule has 0 saturated carbocycles. The number of pyridine rings is 1. The van der Waals surface area contributed by atoms with Crippen LogP contribution in [0.25, 0.3) is 22.7 Å². The quantitative estimate of drug-likeness (QED) is 0.292. The van der Waals surface area contributed by atoms with Gasteiger partial charge < -0.3 is 0 Å². The Bertz CT molecular complexity index is 1590. The van der Waals surface area contributed by atoms with Crippen molar-refractivity contribution in [1.82, 2.24) is 24.1 Å². The molecule has 6 nitrogen and oxygen atoms in total. The Labute approximate surface area is 206 Å². The van der Waals surface area contributed by atoms with Crippen LogP contribution >= 0.6 is 23.4 Å². The molecule has 3 aromatic heterocycles. The zero-order valence-electron chi connectivity index (χ0n) is 19.0. The third kappa shape index (κ3) is 4.24. The van der Waals surface area contributed by atoms with Gasteiger partial charge in [-0.2, -0.15) is 0 Å². The molecule has 0 spiro atoms. The van der Waals surface area contributed by atoms with E-state index in [2.05, 4.69) is 47.2 Å². The van der Waals surface area contributed by atoms with Gasteiger partial charge >= 0.3 is 0 Å². The van der Waals surface area contributed by atoms with Crippen molar-refractivity contribution in [2.75, 3.05) is 0 Å². The van der Waals surface area contributed by atoms with Crippen LogP contribution in [-0.4, -0.2) is 24.1 Å². The van der Waals surface area contributed by atoms with Crippen molar-refractivity contribution in [3.05, 3.63) is 105 Å². The maximum Gasteiger partial charge on any atom is 0.258 e. The molecule has 0 radical (unpaired) electrons. The molecule has 0 atom stereocenters. The van der Waals surface area contributed by atoms with Crippen molar-refractivity contribution < 1.29 is 0 Å². The van der Waals surface area contributed by atoms with E-state index in [1.807, 2.05) is 47.9 Å². The Morgan fingerprint density at radius 1 is 0.941 bits per heavy atom. The molecule has 3 heterocycles. The van der Waals surface area contributed by atoms with Crippen LogP contribution in [0.1, 0.15) is 22.4 Å². The highest BCUT2D eigenvalue weighted by Crippen LogP contribution is 2.34. The number of halogens is 1. The molecule has 0 amide bonds. The summed E-state index contributed by atoms with van der Waals surface area (Å²) < 4.78 is 3.60. The fourth-order valence-electron chi connectivity index (χ4n) is 3.83. The number of rotatable bonds is 5. The molecule has 34 heavy (non-hydrogen) atoms. The van der Waals surface area contributed by atoms with E-state index in [1.165, 1.54) is 11.8 Å². The van der Waals surface area contributed by atoms with Crippen molar-refractivity contribution in [2.45, 2.75) is 31.7 Å². The summed E-state index contributed by atoms with van der Waals surface area (Å²) in [4.78, 5) is 17.3. The van der Waals surface area contributed by atoms with Crippen LogP contribution in [-0.2, 0) is 5.75 Å². The first-order valence-corrected chi connectivity index (χ1v) is 12.2. The van der Waals surface area contributed by atoms with E-state index < -0.39 is 0 Å². The third-order valence-electron chi connectivity index (χ3n) is 5.56. The van der Waals surface area contributed by atoms with Crippen molar-refractivity contribution in [3.8, 4) is 17.1 Å². The average molecular weight is 488 g/mol. The zero-order valence-corrected chi connectivity index (χ0v) is 20.6. The fraction of sp³-hybridized carbons (Fsp3) is 0.154. The molecule has 0 fully saturated rings. The zero-order chi connectivity index (χ0) is 23.8. The lowest BCUT2D eigenvalue weighted by Gasteiger charge is -2.14.